The quantitative estimate of drug-likeness (QED) is 0.443. The van der Waals surface area contributed by atoms with Gasteiger partial charge in [0.2, 0.25) is 5.91 Å². The zero-order valence-corrected chi connectivity index (χ0v) is 18.8. The third-order valence-corrected chi connectivity index (χ3v) is 5.93. The number of aromatic nitrogens is 2. The molecule has 0 saturated heterocycles. The van der Waals surface area contributed by atoms with Gasteiger partial charge in [-0.2, -0.15) is 0 Å². The van der Waals surface area contributed by atoms with Crippen LogP contribution in [0.5, 0.6) is 5.75 Å². The summed E-state index contributed by atoms with van der Waals surface area (Å²) in [5.74, 6) is 0.451. The zero-order valence-electron chi connectivity index (χ0n) is 17.9. The van der Waals surface area contributed by atoms with Gasteiger partial charge in [-0.25, -0.2) is 4.98 Å². The Morgan fingerprint density at radius 2 is 1.91 bits per heavy atom. The highest BCUT2D eigenvalue weighted by Gasteiger charge is 2.15. The first-order valence-electron chi connectivity index (χ1n) is 10.3. The van der Waals surface area contributed by atoms with Crippen LogP contribution in [0.25, 0.3) is 16.2 Å². The van der Waals surface area contributed by atoms with E-state index < -0.39 is 0 Å². The number of thiazole rings is 1. The van der Waals surface area contributed by atoms with Gasteiger partial charge in [0.05, 0.1) is 30.7 Å². The summed E-state index contributed by atoms with van der Waals surface area (Å²) in [5, 5.41) is 4.83. The van der Waals surface area contributed by atoms with Crippen LogP contribution in [-0.2, 0) is 11.3 Å². The molecule has 1 N–H and O–H groups in total. The summed E-state index contributed by atoms with van der Waals surface area (Å²) in [5.41, 5.74) is 2.95. The maximum Gasteiger partial charge on any atom is 0.259 e. The Balaban J connectivity index is 1.50. The lowest BCUT2D eigenvalue weighted by molar-refractivity contribution is -0.117. The van der Waals surface area contributed by atoms with Gasteiger partial charge in [0.1, 0.15) is 5.75 Å². The number of amides is 1. The highest BCUT2D eigenvalue weighted by atomic mass is 32.1. The van der Waals surface area contributed by atoms with Crippen molar-refractivity contribution in [3.8, 4) is 17.0 Å². The average Bonchev–Trinajstić information content (AvgIpc) is 3.24. The maximum atomic E-state index is 12.9. The number of fused-ring (bicyclic) bond motifs is 1. The fourth-order valence-corrected chi connectivity index (χ4v) is 4.43. The van der Waals surface area contributed by atoms with Gasteiger partial charge in [-0.1, -0.05) is 49.4 Å². The Morgan fingerprint density at radius 3 is 2.66 bits per heavy atom. The van der Waals surface area contributed by atoms with E-state index in [1.807, 2.05) is 59.7 Å². The van der Waals surface area contributed by atoms with E-state index in [0.717, 1.165) is 11.3 Å². The molecule has 2 aromatic heterocycles. The molecule has 32 heavy (non-hydrogen) atoms. The number of benzene rings is 2. The van der Waals surface area contributed by atoms with Gasteiger partial charge in [-0.15, -0.1) is 11.3 Å². The largest absolute Gasteiger partial charge is 0.495 e. The van der Waals surface area contributed by atoms with Gasteiger partial charge < -0.3 is 10.1 Å². The number of nitrogens with zero attached hydrogens (tertiary/aromatic N) is 3. The van der Waals surface area contributed by atoms with Gasteiger partial charge >= 0.3 is 0 Å². The van der Waals surface area contributed by atoms with E-state index in [1.54, 1.807) is 29.7 Å². The van der Waals surface area contributed by atoms with Gasteiger partial charge in [0.15, 0.2) is 4.96 Å². The molecule has 0 spiro atoms. The first-order chi connectivity index (χ1) is 15.6. The second-order valence-electron chi connectivity index (χ2n) is 7.24. The van der Waals surface area contributed by atoms with Crippen LogP contribution < -0.4 is 15.6 Å². The second-order valence-corrected chi connectivity index (χ2v) is 8.08. The number of methoxy groups -OCH3 is 1. The molecule has 0 bridgehead atoms. The Hall–Kier alpha value is -3.49. The molecule has 7 nitrogen and oxygen atoms in total. The lowest BCUT2D eigenvalue weighted by atomic mass is 10.2. The number of carbonyl (C=O) groups excluding carboxylic acids is 1. The summed E-state index contributed by atoms with van der Waals surface area (Å²) >= 11 is 1.43. The molecule has 0 saturated carbocycles. The molecule has 2 aromatic carbocycles. The van der Waals surface area contributed by atoms with E-state index in [-0.39, 0.29) is 18.0 Å². The number of likely N-dealkylation sites (N-methyl/N-ethyl adjacent to an activating group) is 1. The number of ether oxygens (including phenoxy) is 1. The smallest absolute Gasteiger partial charge is 0.259 e. The summed E-state index contributed by atoms with van der Waals surface area (Å²) < 4.78 is 6.92. The number of hydrogen-bond donors (Lipinski definition) is 1. The van der Waals surface area contributed by atoms with Crippen molar-refractivity contribution in [2.24, 2.45) is 0 Å². The number of para-hydroxylation sites is 2. The van der Waals surface area contributed by atoms with Crippen molar-refractivity contribution in [2.45, 2.75) is 13.5 Å². The third-order valence-electron chi connectivity index (χ3n) is 5.11. The van der Waals surface area contributed by atoms with Crippen LogP contribution in [0.4, 0.5) is 5.69 Å². The van der Waals surface area contributed by atoms with Crippen molar-refractivity contribution in [1.82, 2.24) is 14.3 Å². The average molecular weight is 449 g/mol. The number of anilines is 1. The van der Waals surface area contributed by atoms with Crippen LogP contribution in [-0.4, -0.2) is 40.4 Å². The standard InChI is InChI=1S/C24H24N4O3S/c1-3-27(15-22(29)26-19-11-7-8-12-21(19)31-2)14-18-13-23(30)28-20(16-32-24(28)25-18)17-9-5-4-6-10-17/h4-13,16H,3,14-15H2,1-2H3,(H,26,29). The summed E-state index contributed by atoms with van der Waals surface area (Å²) in [6, 6.07) is 18.6. The minimum atomic E-state index is -0.156. The number of rotatable bonds is 8. The van der Waals surface area contributed by atoms with E-state index in [9.17, 15) is 9.59 Å². The molecule has 2 heterocycles. The molecule has 0 aliphatic heterocycles. The fourth-order valence-electron chi connectivity index (χ4n) is 3.50. The zero-order chi connectivity index (χ0) is 22.5. The molecule has 0 fully saturated rings. The monoisotopic (exact) mass is 448 g/mol. The molecule has 0 aliphatic carbocycles. The molecule has 0 aliphatic rings. The van der Waals surface area contributed by atoms with Crippen molar-refractivity contribution in [3.05, 3.63) is 82.1 Å². The molecular weight excluding hydrogens is 424 g/mol. The van der Waals surface area contributed by atoms with E-state index >= 15 is 0 Å². The number of carbonyl (C=O) groups is 1. The fraction of sp³-hybridized carbons (Fsp3) is 0.208. The van der Waals surface area contributed by atoms with Gasteiger partial charge in [0, 0.05) is 18.0 Å². The topological polar surface area (TPSA) is 75.9 Å². The summed E-state index contributed by atoms with van der Waals surface area (Å²) in [6.45, 7) is 3.19. The lowest BCUT2D eigenvalue weighted by Gasteiger charge is -2.20. The molecule has 0 radical (unpaired) electrons. The van der Waals surface area contributed by atoms with Gasteiger partial charge in [-0.05, 0) is 24.2 Å². The molecule has 4 aromatic rings. The van der Waals surface area contributed by atoms with E-state index in [2.05, 4.69) is 10.3 Å². The Kier molecular flexibility index (Phi) is 6.63. The molecule has 164 valence electrons. The Bertz CT molecular complexity index is 1280. The highest BCUT2D eigenvalue weighted by molar-refractivity contribution is 7.15. The van der Waals surface area contributed by atoms with Crippen LogP contribution in [0.2, 0.25) is 0 Å². The Morgan fingerprint density at radius 1 is 1.16 bits per heavy atom. The molecule has 8 heteroatoms. The van der Waals surface area contributed by atoms with Crippen molar-refractivity contribution >= 4 is 27.9 Å². The third kappa shape index (κ3) is 4.71. The van der Waals surface area contributed by atoms with E-state index in [0.29, 0.717) is 35.2 Å². The SMILES string of the molecule is CCN(CC(=O)Nc1ccccc1OC)Cc1cc(=O)n2c(-c3ccccc3)csc2n1. The number of nitrogens with one attached hydrogen (secondary N) is 1. The van der Waals surface area contributed by atoms with Crippen molar-refractivity contribution < 1.29 is 9.53 Å². The second kappa shape index (κ2) is 9.76. The van der Waals surface area contributed by atoms with Crippen LogP contribution in [0.1, 0.15) is 12.6 Å². The van der Waals surface area contributed by atoms with Crippen LogP contribution in [0.15, 0.2) is 70.8 Å². The van der Waals surface area contributed by atoms with E-state index in [4.69, 9.17) is 4.74 Å². The maximum absolute atomic E-state index is 12.9. The van der Waals surface area contributed by atoms with Crippen LogP contribution in [0.3, 0.4) is 0 Å². The van der Waals surface area contributed by atoms with Crippen molar-refractivity contribution in [2.75, 3.05) is 25.5 Å². The Labute approximate surface area is 189 Å². The molecule has 0 unspecified atom stereocenters. The summed E-state index contributed by atoms with van der Waals surface area (Å²) in [7, 11) is 1.57. The number of hydrogen-bond acceptors (Lipinski definition) is 6. The normalized spacial score (nSPS) is 11.1. The minimum absolute atomic E-state index is 0.125. The van der Waals surface area contributed by atoms with E-state index in [1.165, 1.54) is 11.3 Å². The van der Waals surface area contributed by atoms with Crippen molar-refractivity contribution in [3.63, 3.8) is 0 Å². The van der Waals surface area contributed by atoms with Crippen LogP contribution in [0, 0.1) is 0 Å². The molecule has 0 atom stereocenters. The van der Waals surface area contributed by atoms with Crippen molar-refractivity contribution in [1.29, 1.82) is 0 Å². The molecule has 4 rings (SSSR count). The van der Waals surface area contributed by atoms with Gasteiger partial charge in [-0.3, -0.25) is 18.9 Å². The summed E-state index contributed by atoms with van der Waals surface area (Å²) in [4.78, 5) is 32.7. The van der Waals surface area contributed by atoms with Gasteiger partial charge in [0.25, 0.3) is 5.56 Å². The minimum Gasteiger partial charge on any atom is -0.495 e. The first kappa shape index (κ1) is 21.7. The predicted octanol–water partition coefficient (Wildman–Crippen LogP) is 3.89. The molecule has 1 amide bonds. The summed E-state index contributed by atoms with van der Waals surface area (Å²) in [6.07, 6.45) is 0. The lowest BCUT2D eigenvalue weighted by Crippen LogP contribution is -2.33. The van der Waals surface area contributed by atoms with Crippen LogP contribution >= 0.6 is 11.3 Å². The highest BCUT2D eigenvalue weighted by Crippen LogP contribution is 2.24. The predicted molar refractivity (Wildman–Crippen MR) is 127 cm³/mol. The molecular formula is C24H24N4O3S. The first-order valence-corrected chi connectivity index (χ1v) is 11.2.